The highest BCUT2D eigenvalue weighted by Gasteiger charge is 2.17. The molecular weight excluding hydrogens is 324 g/mol. The number of rotatable bonds is 8. The predicted octanol–water partition coefficient (Wildman–Crippen LogP) is 2.40. The number of carbonyl (C=O) groups excluding carboxylic acids is 3. The van der Waals surface area contributed by atoms with Gasteiger partial charge in [0.15, 0.2) is 0 Å². The van der Waals surface area contributed by atoms with Crippen molar-refractivity contribution < 1.29 is 23.9 Å². The Bertz CT molecular complexity index is 470. The lowest BCUT2D eigenvalue weighted by Gasteiger charge is -2.26. The molecule has 142 valence electrons. The Kier molecular flexibility index (Phi) is 9.65. The molecule has 7 nitrogen and oxygen atoms in total. The van der Waals surface area contributed by atoms with Crippen molar-refractivity contribution in [2.75, 3.05) is 20.2 Å². The van der Waals surface area contributed by atoms with Crippen LogP contribution in [0.4, 0.5) is 4.79 Å². The molecule has 0 radical (unpaired) electrons. The monoisotopic (exact) mass is 354 g/mol. The molecule has 0 spiro atoms. The van der Waals surface area contributed by atoms with Crippen molar-refractivity contribution in [3.8, 4) is 0 Å². The van der Waals surface area contributed by atoms with E-state index in [1.807, 2.05) is 0 Å². The molecule has 1 saturated carbocycles. The molecule has 25 heavy (non-hydrogen) atoms. The van der Waals surface area contributed by atoms with Gasteiger partial charge in [-0.05, 0) is 33.1 Å². The third kappa shape index (κ3) is 9.74. The molecule has 1 rings (SSSR count). The Hall–Kier alpha value is -2.05. The highest BCUT2D eigenvalue weighted by Crippen LogP contribution is 2.17. The lowest BCUT2D eigenvalue weighted by molar-refractivity contribution is -0.142. The topological polar surface area (TPSA) is 84.9 Å². The second-order valence-corrected chi connectivity index (χ2v) is 6.55. The Labute approximate surface area is 149 Å². The van der Waals surface area contributed by atoms with Crippen LogP contribution in [0.5, 0.6) is 0 Å². The van der Waals surface area contributed by atoms with Gasteiger partial charge in [0.25, 0.3) is 0 Å². The van der Waals surface area contributed by atoms with Gasteiger partial charge in [0, 0.05) is 31.8 Å². The van der Waals surface area contributed by atoms with Crippen molar-refractivity contribution in [3.63, 3.8) is 0 Å². The minimum atomic E-state index is -0.602. The van der Waals surface area contributed by atoms with Gasteiger partial charge in [-0.3, -0.25) is 0 Å². The van der Waals surface area contributed by atoms with Gasteiger partial charge < -0.3 is 19.7 Å². The van der Waals surface area contributed by atoms with Crippen molar-refractivity contribution in [1.29, 1.82) is 0 Å². The molecular formula is C18H30N2O5. The van der Waals surface area contributed by atoms with Gasteiger partial charge in [-0.15, -0.1) is 0 Å². The fourth-order valence-corrected chi connectivity index (χ4v) is 2.56. The first kappa shape index (κ1) is 21.0. The summed E-state index contributed by atoms with van der Waals surface area (Å²) in [6.45, 7) is 4.13. The molecule has 0 aromatic heterocycles. The van der Waals surface area contributed by atoms with Crippen LogP contribution in [0.2, 0.25) is 0 Å². The van der Waals surface area contributed by atoms with Gasteiger partial charge in [-0.25, -0.2) is 14.4 Å². The average molecular weight is 354 g/mol. The largest absolute Gasteiger partial charge is 0.462 e. The molecule has 0 aromatic carbocycles. The lowest BCUT2D eigenvalue weighted by atomic mass is 9.96. The van der Waals surface area contributed by atoms with Crippen LogP contribution in [0, 0.1) is 0 Å². The normalized spacial score (nSPS) is 15.2. The van der Waals surface area contributed by atoms with Crippen LogP contribution in [0.1, 0.15) is 52.4 Å². The highest BCUT2D eigenvalue weighted by molar-refractivity contribution is 5.91. The summed E-state index contributed by atoms with van der Waals surface area (Å²) in [5, 5.41) is 3.03. The quantitative estimate of drug-likeness (QED) is 0.411. The van der Waals surface area contributed by atoms with Crippen LogP contribution >= 0.6 is 0 Å². The summed E-state index contributed by atoms with van der Waals surface area (Å²) in [5.41, 5.74) is 0. The second kappa shape index (κ2) is 11.5. The van der Waals surface area contributed by atoms with E-state index in [1.54, 1.807) is 25.8 Å². The van der Waals surface area contributed by atoms with Crippen molar-refractivity contribution in [2.24, 2.45) is 0 Å². The van der Waals surface area contributed by atoms with Gasteiger partial charge in [-0.2, -0.15) is 0 Å². The highest BCUT2D eigenvalue weighted by atomic mass is 16.5. The summed E-state index contributed by atoms with van der Waals surface area (Å²) in [7, 11) is 1.72. The molecule has 0 saturated heterocycles. The van der Waals surface area contributed by atoms with Gasteiger partial charge in [-0.1, -0.05) is 19.3 Å². The molecule has 7 heteroatoms. The molecule has 1 fully saturated rings. The maximum atomic E-state index is 12.0. The van der Waals surface area contributed by atoms with Gasteiger partial charge in [0.2, 0.25) is 0 Å². The number of carbonyl (C=O) groups is 3. The molecule has 1 N–H and O–H groups in total. The second-order valence-electron chi connectivity index (χ2n) is 6.55. The number of amides is 2. The van der Waals surface area contributed by atoms with Crippen LogP contribution in [0.25, 0.3) is 0 Å². The minimum absolute atomic E-state index is 0.0884. The van der Waals surface area contributed by atoms with Crippen molar-refractivity contribution in [3.05, 3.63) is 12.2 Å². The summed E-state index contributed by atoms with van der Waals surface area (Å²) in [6.07, 6.45) is 8.07. The number of esters is 2. The fourth-order valence-electron chi connectivity index (χ4n) is 2.56. The van der Waals surface area contributed by atoms with Gasteiger partial charge in [0.05, 0.1) is 12.7 Å². The summed E-state index contributed by atoms with van der Waals surface area (Å²) in [4.78, 5) is 36.4. The van der Waals surface area contributed by atoms with E-state index in [1.165, 1.54) is 19.3 Å². The van der Waals surface area contributed by atoms with Crippen LogP contribution < -0.4 is 5.32 Å². The van der Waals surface area contributed by atoms with Crippen molar-refractivity contribution in [1.82, 2.24) is 10.2 Å². The van der Waals surface area contributed by atoms with E-state index in [4.69, 9.17) is 9.47 Å². The molecule has 0 unspecified atom stereocenters. The molecule has 0 heterocycles. The first-order valence-electron chi connectivity index (χ1n) is 8.95. The van der Waals surface area contributed by atoms with Crippen LogP contribution in [-0.2, 0) is 19.1 Å². The molecule has 1 aliphatic rings. The van der Waals surface area contributed by atoms with E-state index in [2.05, 4.69) is 5.32 Å². The molecule has 0 atom stereocenters. The molecule has 0 bridgehead atoms. The molecule has 0 aromatic rings. The summed E-state index contributed by atoms with van der Waals surface area (Å²) >= 11 is 0. The Morgan fingerprint density at radius 2 is 1.76 bits per heavy atom. The third-order valence-electron chi connectivity index (χ3n) is 3.87. The SMILES string of the molecule is CC(C)OC(=O)/C=C/C(=O)OCCCN(C)C(=O)NC1CCCCC1. The minimum Gasteiger partial charge on any atom is -0.462 e. The van der Waals surface area contributed by atoms with E-state index < -0.39 is 11.9 Å². The number of hydrogen-bond acceptors (Lipinski definition) is 5. The average Bonchev–Trinajstić information content (AvgIpc) is 2.57. The Morgan fingerprint density at radius 1 is 1.12 bits per heavy atom. The van der Waals surface area contributed by atoms with Crippen molar-refractivity contribution >= 4 is 18.0 Å². The number of hydrogen-bond donors (Lipinski definition) is 1. The van der Waals surface area contributed by atoms with E-state index in [9.17, 15) is 14.4 Å². The smallest absolute Gasteiger partial charge is 0.331 e. The zero-order chi connectivity index (χ0) is 18.7. The van der Waals surface area contributed by atoms with Crippen LogP contribution in [-0.4, -0.2) is 55.2 Å². The van der Waals surface area contributed by atoms with E-state index in [-0.39, 0.29) is 24.8 Å². The van der Waals surface area contributed by atoms with Crippen molar-refractivity contribution in [2.45, 2.75) is 64.5 Å². The maximum absolute atomic E-state index is 12.0. The first-order valence-corrected chi connectivity index (χ1v) is 8.95. The summed E-state index contributed by atoms with van der Waals surface area (Å²) in [6, 6.07) is 0.187. The number of urea groups is 1. The molecule has 0 aliphatic heterocycles. The maximum Gasteiger partial charge on any atom is 0.331 e. The Morgan fingerprint density at radius 3 is 2.40 bits per heavy atom. The molecule has 2 amide bonds. The summed E-state index contributed by atoms with van der Waals surface area (Å²) < 4.78 is 9.85. The zero-order valence-corrected chi connectivity index (χ0v) is 15.5. The third-order valence-corrected chi connectivity index (χ3v) is 3.87. The fraction of sp³-hybridized carbons (Fsp3) is 0.722. The van der Waals surface area contributed by atoms with E-state index >= 15 is 0 Å². The van der Waals surface area contributed by atoms with E-state index in [0.717, 1.165) is 25.0 Å². The van der Waals surface area contributed by atoms with Gasteiger partial charge in [0.1, 0.15) is 0 Å². The standard InChI is InChI=1S/C18H30N2O5/c1-14(2)25-17(22)11-10-16(21)24-13-7-12-20(3)18(23)19-15-8-5-4-6-9-15/h10-11,14-15H,4-9,12-13H2,1-3H3,(H,19,23)/b11-10+. The number of nitrogens with one attached hydrogen (secondary N) is 1. The van der Waals surface area contributed by atoms with Crippen LogP contribution in [0.3, 0.4) is 0 Å². The predicted molar refractivity (Wildman–Crippen MR) is 94.0 cm³/mol. The Balaban J connectivity index is 2.14. The van der Waals surface area contributed by atoms with Gasteiger partial charge >= 0.3 is 18.0 Å². The zero-order valence-electron chi connectivity index (χ0n) is 15.5. The number of ether oxygens (including phenoxy) is 2. The van der Waals surface area contributed by atoms with E-state index in [0.29, 0.717) is 13.0 Å². The first-order chi connectivity index (χ1) is 11.9. The number of nitrogens with zero attached hydrogens (tertiary/aromatic N) is 1. The summed E-state index contributed by atoms with van der Waals surface area (Å²) in [5.74, 6) is -1.18. The molecule has 1 aliphatic carbocycles. The lowest BCUT2D eigenvalue weighted by Crippen LogP contribution is -2.44. The van der Waals surface area contributed by atoms with Crippen LogP contribution in [0.15, 0.2) is 12.2 Å².